The Morgan fingerprint density at radius 1 is 0.917 bits per heavy atom. The van der Waals surface area contributed by atoms with E-state index in [2.05, 4.69) is 30.7 Å². The van der Waals surface area contributed by atoms with Gasteiger partial charge in [0.1, 0.15) is 29.4 Å². The standard InChI is InChI=1S/C43H50N8O8S/c1-26(2)20-34(38(52)48-60(57,58)31-18-16-27(3)17-19-31)45-39(53)37-22-30(51-25-36(47-49-51)28-12-8-7-9-13-28)24-50(37)41(55)35(46-40(54)42(56)59-43(4,5)6)21-29-23-44-33-15-11-10-14-32(29)33/h7-19,23,25-26,30,34-35,37,44H,20-22,24H2,1-6H3,(H,45,53)(H,46,54)(H,48,52)/t30-,34-,35-,37-/m0/s1. The zero-order chi connectivity index (χ0) is 43.4. The number of aromatic amines is 1. The van der Waals surface area contributed by atoms with E-state index in [4.69, 9.17) is 4.74 Å². The van der Waals surface area contributed by atoms with E-state index in [1.54, 1.807) is 56.9 Å². The molecule has 1 aliphatic rings. The van der Waals surface area contributed by atoms with Crippen molar-refractivity contribution in [2.75, 3.05) is 6.54 Å². The second-order valence-electron chi connectivity index (χ2n) is 16.4. The summed E-state index contributed by atoms with van der Waals surface area (Å²) in [4.78, 5) is 73.7. The van der Waals surface area contributed by atoms with Gasteiger partial charge < -0.3 is 25.3 Å². The second kappa shape index (κ2) is 17.9. The molecular weight excluding hydrogens is 789 g/mol. The van der Waals surface area contributed by atoms with Gasteiger partial charge >= 0.3 is 11.9 Å². The van der Waals surface area contributed by atoms with Gasteiger partial charge in [-0.25, -0.2) is 22.6 Å². The third-order valence-electron chi connectivity index (χ3n) is 10.0. The summed E-state index contributed by atoms with van der Waals surface area (Å²) in [6, 6.07) is 18.2. The second-order valence-corrected chi connectivity index (χ2v) is 18.1. The van der Waals surface area contributed by atoms with Gasteiger partial charge in [0.15, 0.2) is 0 Å². The normalized spacial score (nSPS) is 16.6. The van der Waals surface area contributed by atoms with Crippen molar-refractivity contribution in [3.63, 3.8) is 0 Å². The number of aryl methyl sites for hydroxylation is 1. The van der Waals surface area contributed by atoms with Crippen LogP contribution in [0.15, 0.2) is 96.2 Å². The summed E-state index contributed by atoms with van der Waals surface area (Å²) in [7, 11) is -4.30. The van der Waals surface area contributed by atoms with Crippen molar-refractivity contribution < 1.29 is 37.1 Å². The Morgan fingerprint density at radius 3 is 2.28 bits per heavy atom. The Labute approximate surface area is 348 Å². The topological polar surface area (TPSA) is 215 Å². The third kappa shape index (κ3) is 10.4. The van der Waals surface area contributed by atoms with Crippen LogP contribution in [0.2, 0.25) is 0 Å². The van der Waals surface area contributed by atoms with Crippen molar-refractivity contribution in [2.45, 2.75) is 95.5 Å². The molecule has 1 saturated heterocycles. The summed E-state index contributed by atoms with van der Waals surface area (Å²) in [6.45, 7) is 10.2. The fraction of sp³-hybridized carbons (Fsp3) is 0.372. The minimum Gasteiger partial charge on any atom is -0.453 e. The van der Waals surface area contributed by atoms with E-state index in [1.807, 2.05) is 68.4 Å². The number of carbonyl (C=O) groups excluding carboxylic acids is 5. The number of rotatable bonds is 13. The molecule has 0 unspecified atom stereocenters. The monoisotopic (exact) mass is 838 g/mol. The fourth-order valence-corrected chi connectivity index (χ4v) is 8.13. The van der Waals surface area contributed by atoms with E-state index in [0.29, 0.717) is 11.3 Å². The maximum atomic E-state index is 14.9. The molecule has 1 fully saturated rings. The number of aromatic nitrogens is 4. The van der Waals surface area contributed by atoms with Gasteiger partial charge in [-0.15, -0.1) is 5.10 Å². The van der Waals surface area contributed by atoms with Crippen molar-refractivity contribution in [1.29, 1.82) is 0 Å². The molecule has 0 radical (unpaired) electrons. The van der Waals surface area contributed by atoms with Crippen LogP contribution < -0.4 is 15.4 Å². The van der Waals surface area contributed by atoms with Crippen LogP contribution >= 0.6 is 0 Å². The van der Waals surface area contributed by atoms with Gasteiger partial charge in [0.25, 0.3) is 15.9 Å². The lowest BCUT2D eigenvalue weighted by atomic mass is 10.0. The lowest BCUT2D eigenvalue weighted by molar-refractivity contribution is -0.164. The third-order valence-corrected chi connectivity index (χ3v) is 11.4. The molecule has 0 spiro atoms. The van der Waals surface area contributed by atoms with Gasteiger partial charge in [-0.05, 0) is 63.8 Å². The number of carbonyl (C=O) groups is 5. The van der Waals surface area contributed by atoms with E-state index in [1.165, 1.54) is 17.0 Å². The predicted molar refractivity (Wildman–Crippen MR) is 222 cm³/mol. The maximum Gasteiger partial charge on any atom is 0.397 e. The highest BCUT2D eigenvalue weighted by Gasteiger charge is 2.45. The molecular formula is C43H50N8O8S. The van der Waals surface area contributed by atoms with E-state index in [0.717, 1.165) is 22.0 Å². The van der Waals surface area contributed by atoms with Crippen molar-refractivity contribution in [1.82, 2.24) is 40.2 Å². The first kappa shape index (κ1) is 43.2. The summed E-state index contributed by atoms with van der Waals surface area (Å²) in [6.07, 6.45) is 3.45. The van der Waals surface area contributed by atoms with Crippen molar-refractivity contribution >= 4 is 50.5 Å². The van der Waals surface area contributed by atoms with Crippen LogP contribution in [-0.2, 0) is 45.2 Å². The quantitative estimate of drug-likeness (QED) is 0.0989. The summed E-state index contributed by atoms with van der Waals surface area (Å²) in [5.74, 6) is -4.86. The number of para-hydroxylation sites is 1. The molecule has 3 heterocycles. The minimum absolute atomic E-state index is 0.0205. The van der Waals surface area contributed by atoms with Crippen LogP contribution in [0, 0.1) is 12.8 Å². The largest absolute Gasteiger partial charge is 0.453 e. The minimum atomic E-state index is -4.30. The molecule has 316 valence electrons. The Morgan fingerprint density at radius 2 is 1.60 bits per heavy atom. The molecule has 16 nitrogen and oxygen atoms in total. The molecule has 17 heteroatoms. The molecule has 2 aromatic heterocycles. The van der Waals surface area contributed by atoms with Crippen LogP contribution in [0.5, 0.6) is 0 Å². The maximum absolute atomic E-state index is 14.9. The van der Waals surface area contributed by atoms with Gasteiger partial charge in [0.05, 0.1) is 17.1 Å². The zero-order valence-electron chi connectivity index (χ0n) is 34.3. The van der Waals surface area contributed by atoms with Gasteiger partial charge in [0.2, 0.25) is 11.8 Å². The summed E-state index contributed by atoms with van der Waals surface area (Å²) < 4.78 is 35.5. The summed E-state index contributed by atoms with van der Waals surface area (Å²) in [5, 5.41) is 14.8. The molecule has 0 bridgehead atoms. The smallest absolute Gasteiger partial charge is 0.397 e. The molecule has 4 N–H and O–H groups in total. The number of nitrogens with one attached hydrogen (secondary N) is 4. The van der Waals surface area contributed by atoms with Crippen LogP contribution in [0.1, 0.15) is 64.6 Å². The zero-order valence-corrected chi connectivity index (χ0v) is 35.2. The van der Waals surface area contributed by atoms with E-state index >= 15 is 0 Å². The predicted octanol–water partition coefficient (Wildman–Crippen LogP) is 3.98. The van der Waals surface area contributed by atoms with Crippen LogP contribution in [0.3, 0.4) is 0 Å². The highest BCUT2D eigenvalue weighted by atomic mass is 32.2. The number of esters is 1. The van der Waals surface area contributed by atoms with E-state index < -0.39 is 69.4 Å². The van der Waals surface area contributed by atoms with Crippen LogP contribution in [-0.4, -0.2) is 93.2 Å². The van der Waals surface area contributed by atoms with E-state index in [-0.39, 0.29) is 36.6 Å². The van der Waals surface area contributed by atoms with Crippen LogP contribution in [0.4, 0.5) is 0 Å². The highest BCUT2D eigenvalue weighted by molar-refractivity contribution is 7.90. The van der Waals surface area contributed by atoms with Crippen molar-refractivity contribution in [3.05, 3.63) is 102 Å². The van der Waals surface area contributed by atoms with E-state index in [9.17, 15) is 32.4 Å². The van der Waals surface area contributed by atoms with Crippen LogP contribution in [0.25, 0.3) is 22.2 Å². The van der Waals surface area contributed by atoms with Gasteiger partial charge in [0, 0.05) is 42.0 Å². The molecule has 4 amide bonds. The average molecular weight is 839 g/mol. The number of hydrogen-bond acceptors (Lipinski definition) is 10. The van der Waals surface area contributed by atoms with Crippen molar-refractivity contribution in [3.8, 4) is 11.3 Å². The number of likely N-dealkylation sites (tertiary alicyclic amines) is 1. The Kier molecular flexibility index (Phi) is 12.9. The molecule has 5 aromatic rings. The summed E-state index contributed by atoms with van der Waals surface area (Å²) in [5.41, 5.74) is 2.65. The SMILES string of the molecule is Cc1ccc(S(=O)(=O)NC(=O)[C@H](CC(C)C)NC(=O)[C@@H]2C[C@H](n3cc(-c4ccccc4)nn3)CN2C(=O)[C@H](Cc2c[nH]c3ccccc23)NC(=O)C(=O)OC(C)(C)C)cc1. The lowest BCUT2D eigenvalue weighted by Gasteiger charge is -2.30. The first-order valence-corrected chi connectivity index (χ1v) is 21.2. The highest BCUT2D eigenvalue weighted by Crippen LogP contribution is 2.30. The average Bonchev–Trinajstić information content (AvgIpc) is 3.96. The number of sulfonamides is 1. The fourth-order valence-electron chi connectivity index (χ4n) is 7.11. The Balaban J connectivity index is 1.33. The summed E-state index contributed by atoms with van der Waals surface area (Å²) >= 11 is 0. The molecule has 4 atom stereocenters. The van der Waals surface area contributed by atoms with Gasteiger partial charge in [-0.1, -0.05) is 85.3 Å². The number of benzene rings is 3. The van der Waals surface area contributed by atoms with Crippen molar-refractivity contribution in [2.24, 2.45) is 5.92 Å². The Bertz CT molecular complexity index is 2470. The number of ether oxygens (including phenoxy) is 1. The number of amides is 4. The Hall–Kier alpha value is -6.36. The number of nitrogens with zero attached hydrogens (tertiary/aromatic N) is 4. The number of fused-ring (bicyclic) bond motifs is 1. The molecule has 0 aliphatic carbocycles. The van der Waals surface area contributed by atoms with Gasteiger partial charge in [-0.3, -0.25) is 19.2 Å². The number of H-pyrrole nitrogens is 1. The molecule has 6 rings (SSSR count). The molecule has 3 aromatic carbocycles. The van der Waals surface area contributed by atoms with Gasteiger partial charge in [-0.2, -0.15) is 0 Å². The molecule has 1 aliphatic heterocycles. The first-order valence-electron chi connectivity index (χ1n) is 19.7. The lowest BCUT2D eigenvalue weighted by Crippen LogP contribution is -2.57. The first-order chi connectivity index (χ1) is 28.4. The number of hydrogen-bond donors (Lipinski definition) is 4. The molecule has 0 saturated carbocycles. The molecule has 60 heavy (non-hydrogen) atoms.